The maximum atomic E-state index is 8.98. The van der Waals surface area contributed by atoms with E-state index in [1.54, 1.807) is 0 Å². The molecule has 0 spiro atoms. The zero-order valence-electron chi connectivity index (χ0n) is 11.1. The van der Waals surface area contributed by atoms with Crippen LogP contribution in [-0.4, -0.2) is 50.8 Å². The molecule has 1 saturated carbocycles. The van der Waals surface area contributed by atoms with Gasteiger partial charge in [0, 0.05) is 19.7 Å². The molecule has 0 radical (unpaired) electrons. The van der Waals surface area contributed by atoms with Crippen molar-refractivity contribution in [2.24, 2.45) is 5.92 Å². The van der Waals surface area contributed by atoms with Crippen LogP contribution in [0.3, 0.4) is 0 Å². The van der Waals surface area contributed by atoms with Crippen molar-refractivity contribution in [3.05, 3.63) is 0 Å². The van der Waals surface area contributed by atoms with Crippen LogP contribution in [0.4, 0.5) is 0 Å². The van der Waals surface area contributed by atoms with E-state index in [9.17, 15) is 0 Å². The molecule has 4 heteroatoms. The number of ether oxygens (including phenoxy) is 1. The molecule has 0 aromatic carbocycles. The molecule has 0 heterocycles. The van der Waals surface area contributed by atoms with E-state index < -0.39 is 0 Å². The zero-order valence-corrected chi connectivity index (χ0v) is 11.1. The maximum absolute atomic E-state index is 8.98. The fourth-order valence-corrected chi connectivity index (χ4v) is 1.63. The van der Waals surface area contributed by atoms with Crippen molar-refractivity contribution in [2.45, 2.75) is 32.2 Å². The second-order valence-corrected chi connectivity index (χ2v) is 4.92. The summed E-state index contributed by atoms with van der Waals surface area (Å²) >= 11 is 0. The van der Waals surface area contributed by atoms with Crippen LogP contribution in [0.15, 0.2) is 0 Å². The molecule has 17 heavy (non-hydrogen) atoms. The van der Waals surface area contributed by atoms with Crippen molar-refractivity contribution in [1.29, 1.82) is 5.26 Å². The van der Waals surface area contributed by atoms with Crippen LogP contribution in [0.5, 0.6) is 0 Å². The molecule has 98 valence electrons. The maximum Gasteiger partial charge on any atom is 0.108 e. The Hall–Kier alpha value is -0.630. The Morgan fingerprint density at radius 1 is 1.53 bits per heavy atom. The van der Waals surface area contributed by atoms with E-state index >= 15 is 0 Å². The van der Waals surface area contributed by atoms with Crippen molar-refractivity contribution in [3.63, 3.8) is 0 Å². The van der Waals surface area contributed by atoms with Gasteiger partial charge in [0.2, 0.25) is 0 Å². The highest BCUT2D eigenvalue weighted by molar-refractivity contribution is 4.91. The second-order valence-electron chi connectivity index (χ2n) is 4.92. The van der Waals surface area contributed by atoms with Gasteiger partial charge in [0.15, 0.2) is 0 Å². The van der Waals surface area contributed by atoms with Crippen LogP contribution in [0.1, 0.15) is 26.2 Å². The van der Waals surface area contributed by atoms with E-state index in [0.29, 0.717) is 0 Å². The summed E-state index contributed by atoms with van der Waals surface area (Å²) < 4.78 is 5.58. The monoisotopic (exact) mass is 239 g/mol. The topological polar surface area (TPSA) is 48.3 Å². The molecule has 1 aliphatic rings. The standard InChI is InChI=1S/C13H25N3O/c1-3-6-15-13(9-14)10-16(2)7-8-17-11-12-4-5-12/h12-13,15H,3-8,10-11H2,1-2H3. The van der Waals surface area contributed by atoms with Crippen LogP contribution >= 0.6 is 0 Å². The highest BCUT2D eigenvalue weighted by Crippen LogP contribution is 2.28. The number of rotatable bonds is 10. The van der Waals surface area contributed by atoms with Crippen molar-refractivity contribution >= 4 is 0 Å². The van der Waals surface area contributed by atoms with Gasteiger partial charge in [-0.2, -0.15) is 5.26 Å². The third kappa shape index (κ3) is 7.32. The van der Waals surface area contributed by atoms with E-state index in [4.69, 9.17) is 10.00 Å². The molecular weight excluding hydrogens is 214 g/mol. The molecule has 4 nitrogen and oxygen atoms in total. The van der Waals surface area contributed by atoms with Gasteiger partial charge in [-0.05, 0) is 38.8 Å². The molecule has 0 bridgehead atoms. The normalized spacial score (nSPS) is 17.1. The summed E-state index contributed by atoms with van der Waals surface area (Å²) in [5.41, 5.74) is 0. The average Bonchev–Trinajstić information content (AvgIpc) is 3.14. The smallest absolute Gasteiger partial charge is 0.108 e. The van der Waals surface area contributed by atoms with Gasteiger partial charge in [-0.3, -0.25) is 0 Å². The highest BCUT2D eigenvalue weighted by atomic mass is 16.5. The lowest BCUT2D eigenvalue weighted by Gasteiger charge is -2.20. The molecule has 1 aliphatic carbocycles. The number of hydrogen-bond donors (Lipinski definition) is 1. The summed E-state index contributed by atoms with van der Waals surface area (Å²) in [5, 5.41) is 12.2. The van der Waals surface area contributed by atoms with Crippen molar-refractivity contribution in [1.82, 2.24) is 10.2 Å². The van der Waals surface area contributed by atoms with Crippen LogP contribution in [0.2, 0.25) is 0 Å². The molecule has 1 N–H and O–H groups in total. The SMILES string of the molecule is CCCNC(C#N)CN(C)CCOCC1CC1. The third-order valence-corrected chi connectivity index (χ3v) is 2.96. The fraction of sp³-hybridized carbons (Fsp3) is 0.923. The number of nitriles is 1. The minimum atomic E-state index is -0.0663. The molecule has 1 rings (SSSR count). The van der Waals surface area contributed by atoms with Gasteiger partial charge in [-0.1, -0.05) is 6.92 Å². The van der Waals surface area contributed by atoms with E-state index in [1.165, 1.54) is 12.8 Å². The minimum absolute atomic E-state index is 0.0663. The first-order chi connectivity index (χ1) is 8.26. The van der Waals surface area contributed by atoms with Crippen molar-refractivity contribution in [2.75, 3.05) is 39.9 Å². The first-order valence-electron chi connectivity index (χ1n) is 6.65. The Labute approximate surface area is 105 Å². The zero-order chi connectivity index (χ0) is 12.5. The van der Waals surface area contributed by atoms with Crippen molar-refractivity contribution in [3.8, 4) is 6.07 Å². The molecule has 1 fully saturated rings. The Balaban J connectivity index is 2.00. The third-order valence-electron chi connectivity index (χ3n) is 2.96. The van der Waals surface area contributed by atoms with Crippen LogP contribution in [0.25, 0.3) is 0 Å². The lowest BCUT2D eigenvalue weighted by atomic mass is 10.3. The predicted molar refractivity (Wildman–Crippen MR) is 68.7 cm³/mol. The quantitative estimate of drug-likeness (QED) is 0.583. The van der Waals surface area contributed by atoms with E-state index in [2.05, 4.69) is 23.2 Å². The first kappa shape index (κ1) is 14.4. The van der Waals surface area contributed by atoms with Crippen LogP contribution < -0.4 is 5.32 Å². The Morgan fingerprint density at radius 2 is 2.29 bits per heavy atom. The Kier molecular flexibility index (Phi) is 7.18. The van der Waals surface area contributed by atoms with Gasteiger partial charge in [-0.15, -0.1) is 0 Å². The van der Waals surface area contributed by atoms with Gasteiger partial charge in [0.05, 0.1) is 12.7 Å². The lowest BCUT2D eigenvalue weighted by molar-refractivity contribution is 0.102. The summed E-state index contributed by atoms with van der Waals surface area (Å²) in [6.07, 6.45) is 3.74. The number of nitrogens with one attached hydrogen (secondary N) is 1. The van der Waals surface area contributed by atoms with Crippen molar-refractivity contribution < 1.29 is 4.74 Å². The lowest BCUT2D eigenvalue weighted by Crippen LogP contribution is -2.40. The Bertz CT molecular complexity index is 235. The molecule has 0 amide bonds. The van der Waals surface area contributed by atoms with Gasteiger partial charge >= 0.3 is 0 Å². The number of nitrogens with zero attached hydrogens (tertiary/aromatic N) is 2. The molecule has 1 atom stereocenters. The molecule has 0 aliphatic heterocycles. The first-order valence-corrected chi connectivity index (χ1v) is 6.65. The van der Waals surface area contributed by atoms with Gasteiger partial charge < -0.3 is 15.0 Å². The van der Waals surface area contributed by atoms with E-state index in [1.807, 2.05) is 7.05 Å². The summed E-state index contributed by atoms with van der Waals surface area (Å²) in [5.74, 6) is 0.832. The molecule has 1 unspecified atom stereocenters. The van der Waals surface area contributed by atoms with E-state index in [-0.39, 0.29) is 6.04 Å². The van der Waals surface area contributed by atoms with Crippen LogP contribution in [0, 0.1) is 17.2 Å². The summed E-state index contributed by atoms with van der Waals surface area (Å²) in [7, 11) is 2.04. The molecule has 0 aromatic heterocycles. The number of likely N-dealkylation sites (N-methyl/N-ethyl adjacent to an activating group) is 1. The summed E-state index contributed by atoms with van der Waals surface area (Å²) in [6.45, 7) is 6.38. The Morgan fingerprint density at radius 3 is 2.88 bits per heavy atom. The average molecular weight is 239 g/mol. The fourth-order valence-electron chi connectivity index (χ4n) is 1.63. The van der Waals surface area contributed by atoms with Gasteiger partial charge in [-0.25, -0.2) is 0 Å². The van der Waals surface area contributed by atoms with E-state index in [0.717, 1.165) is 45.2 Å². The van der Waals surface area contributed by atoms with Crippen LogP contribution in [-0.2, 0) is 4.74 Å². The number of hydrogen-bond acceptors (Lipinski definition) is 4. The molecular formula is C13H25N3O. The summed E-state index contributed by atoms with van der Waals surface area (Å²) in [6, 6.07) is 2.23. The highest BCUT2D eigenvalue weighted by Gasteiger charge is 2.21. The molecule has 0 aromatic rings. The largest absolute Gasteiger partial charge is 0.380 e. The van der Waals surface area contributed by atoms with Gasteiger partial charge in [0.25, 0.3) is 0 Å². The minimum Gasteiger partial charge on any atom is -0.380 e. The summed E-state index contributed by atoms with van der Waals surface area (Å²) in [4.78, 5) is 2.16. The second kappa shape index (κ2) is 8.46. The molecule has 0 saturated heterocycles. The predicted octanol–water partition coefficient (Wildman–Crippen LogP) is 1.24. The van der Waals surface area contributed by atoms with Gasteiger partial charge in [0.1, 0.15) is 6.04 Å².